The normalized spacial score (nSPS) is 10.9. The minimum atomic E-state index is 1.19. The van der Waals surface area contributed by atoms with Crippen LogP contribution in [0.25, 0.3) is 0 Å². The Hall–Kier alpha value is -0.0400. The maximum atomic E-state index is 2.38. The van der Waals surface area contributed by atoms with Gasteiger partial charge in [0.25, 0.3) is 0 Å². The van der Waals surface area contributed by atoms with Crippen molar-refractivity contribution in [2.75, 3.05) is 20.1 Å². The van der Waals surface area contributed by atoms with Gasteiger partial charge in [-0.05, 0) is 26.6 Å². The molecule has 0 N–H and O–H groups in total. The number of hydrogen-bond acceptors (Lipinski definition) is 1. The van der Waals surface area contributed by atoms with Gasteiger partial charge in [-0.3, -0.25) is 0 Å². The zero-order valence-corrected chi connectivity index (χ0v) is 8.40. The van der Waals surface area contributed by atoms with E-state index in [0.717, 1.165) is 0 Å². The molecule has 0 unspecified atom stereocenters. The first-order chi connectivity index (χ1) is 5.31. The van der Waals surface area contributed by atoms with Crippen LogP contribution in [-0.2, 0) is 0 Å². The lowest BCUT2D eigenvalue weighted by atomic mass is 10.1. The SMILES string of the molecule is CCCCCCCN(C)CC. The summed E-state index contributed by atoms with van der Waals surface area (Å²) in [7, 11) is 2.19. The van der Waals surface area contributed by atoms with Gasteiger partial charge in [-0.1, -0.05) is 39.5 Å². The van der Waals surface area contributed by atoms with Gasteiger partial charge in [0.15, 0.2) is 0 Å². The number of nitrogens with zero attached hydrogens (tertiary/aromatic N) is 1. The summed E-state index contributed by atoms with van der Waals surface area (Å²) in [6.07, 6.45) is 6.98. The first-order valence-electron chi connectivity index (χ1n) is 4.99. The molecule has 0 heterocycles. The summed E-state index contributed by atoms with van der Waals surface area (Å²) in [4.78, 5) is 2.38. The molecule has 68 valence electrons. The predicted molar refractivity (Wildman–Crippen MR) is 51.9 cm³/mol. The van der Waals surface area contributed by atoms with Crippen LogP contribution in [0.3, 0.4) is 0 Å². The van der Waals surface area contributed by atoms with Crippen LogP contribution in [0.15, 0.2) is 0 Å². The summed E-state index contributed by atoms with van der Waals surface area (Å²) in [5.74, 6) is 0. The van der Waals surface area contributed by atoms with E-state index in [1.807, 2.05) is 0 Å². The van der Waals surface area contributed by atoms with Gasteiger partial charge in [0.2, 0.25) is 0 Å². The van der Waals surface area contributed by atoms with Crippen molar-refractivity contribution >= 4 is 0 Å². The fraction of sp³-hybridized carbons (Fsp3) is 1.00. The molecule has 0 atom stereocenters. The van der Waals surface area contributed by atoms with Crippen molar-refractivity contribution < 1.29 is 0 Å². The molecule has 0 aromatic rings. The molecule has 0 aliphatic carbocycles. The Kier molecular flexibility index (Phi) is 8.03. The second-order valence-corrected chi connectivity index (χ2v) is 3.31. The van der Waals surface area contributed by atoms with Crippen molar-refractivity contribution in [2.45, 2.75) is 46.0 Å². The monoisotopic (exact) mass is 157 g/mol. The molecule has 0 spiro atoms. The molecule has 0 radical (unpaired) electrons. The zero-order chi connectivity index (χ0) is 8.53. The molecule has 0 aromatic carbocycles. The van der Waals surface area contributed by atoms with E-state index in [2.05, 4.69) is 25.8 Å². The van der Waals surface area contributed by atoms with Crippen LogP contribution in [0, 0.1) is 0 Å². The van der Waals surface area contributed by atoms with Crippen molar-refractivity contribution in [3.05, 3.63) is 0 Å². The van der Waals surface area contributed by atoms with Crippen LogP contribution in [0.1, 0.15) is 46.0 Å². The van der Waals surface area contributed by atoms with Crippen LogP contribution in [0.5, 0.6) is 0 Å². The van der Waals surface area contributed by atoms with E-state index >= 15 is 0 Å². The van der Waals surface area contributed by atoms with Crippen LogP contribution in [0.2, 0.25) is 0 Å². The molecule has 0 rings (SSSR count). The summed E-state index contributed by atoms with van der Waals surface area (Å²) < 4.78 is 0. The van der Waals surface area contributed by atoms with Gasteiger partial charge in [-0.2, -0.15) is 0 Å². The Balaban J connectivity index is 2.89. The first-order valence-corrected chi connectivity index (χ1v) is 4.99. The molecule has 0 fully saturated rings. The Labute approximate surface area is 71.8 Å². The molecule has 0 saturated heterocycles. The highest BCUT2D eigenvalue weighted by atomic mass is 15.1. The quantitative estimate of drug-likeness (QED) is 0.514. The lowest BCUT2D eigenvalue weighted by Gasteiger charge is -2.12. The van der Waals surface area contributed by atoms with E-state index in [-0.39, 0.29) is 0 Å². The van der Waals surface area contributed by atoms with Crippen molar-refractivity contribution in [3.63, 3.8) is 0 Å². The van der Waals surface area contributed by atoms with E-state index in [1.54, 1.807) is 0 Å². The average molecular weight is 157 g/mol. The predicted octanol–water partition coefficient (Wildman–Crippen LogP) is 2.91. The van der Waals surface area contributed by atoms with Crippen molar-refractivity contribution in [1.29, 1.82) is 0 Å². The van der Waals surface area contributed by atoms with Gasteiger partial charge in [-0.15, -0.1) is 0 Å². The molecule has 0 aromatic heterocycles. The van der Waals surface area contributed by atoms with Crippen molar-refractivity contribution in [1.82, 2.24) is 4.90 Å². The highest BCUT2D eigenvalue weighted by molar-refractivity contribution is 4.48. The lowest BCUT2D eigenvalue weighted by molar-refractivity contribution is 0.341. The van der Waals surface area contributed by atoms with Crippen LogP contribution in [-0.4, -0.2) is 25.0 Å². The Morgan fingerprint density at radius 3 is 2.09 bits per heavy atom. The Bertz CT molecular complexity index is 71.3. The fourth-order valence-corrected chi connectivity index (χ4v) is 1.14. The Morgan fingerprint density at radius 1 is 0.909 bits per heavy atom. The Morgan fingerprint density at radius 2 is 1.55 bits per heavy atom. The summed E-state index contributed by atoms with van der Waals surface area (Å²) in [5, 5.41) is 0. The minimum absolute atomic E-state index is 1.19. The third kappa shape index (κ3) is 7.86. The second kappa shape index (κ2) is 8.06. The third-order valence-electron chi connectivity index (χ3n) is 2.18. The highest BCUT2D eigenvalue weighted by Crippen LogP contribution is 2.02. The molecular formula is C10H23N. The molecule has 0 amide bonds. The van der Waals surface area contributed by atoms with E-state index in [0.29, 0.717) is 0 Å². The molecule has 1 nitrogen and oxygen atoms in total. The maximum Gasteiger partial charge on any atom is -0.00219 e. The maximum absolute atomic E-state index is 2.38. The van der Waals surface area contributed by atoms with Crippen LogP contribution in [0.4, 0.5) is 0 Å². The van der Waals surface area contributed by atoms with Gasteiger partial charge in [0.05, 0.1) is 0 Å². The van der Waals surface area contributed by atoms with E-state index in [4.69, 9.17) is 0 Å². The van der Waals surface area contributed by atoms with Crippen molar-refractivity contribution in [3.8, 4) is 0 Å². The second-order valence-electron chi connectivity index (χ2n) is 3.31. The molecule has 0 aliphatic rings. The number of unbranched alkanes of at least 4 members (excludes halogenated alkanes) is 4. The topological polar surface area (TPSA) is 3.24 Å². The molecule has 0 aliphatic heterocycles. The molecular weight excluding hydrogens is 134 g/mol. The van der Waals surface area contributed by atoms with E-state index < -0.39 is 0 Å². The smallest absolute Gasteiger partial charge is 0.00219 e. The van der Waals surface area contributed by atoms with E-state index in [1.165, 1.54) is 45.2 Å². The molecule has 1 heteroatoms. The lowest BCUT2D eigenvalue weighted by Crippen LogP contribution is -2.18. The summed E-state index contributed by atoms with van der Waals surface area (Å²) >= 11 is 0. The van der Waals surface area contributed by atoms with Crippen LogP contribution < -0.4 is 0 Å². The van der Waals surface area contributed by atoms with Gasteiger partial charge < -0.3 is 4.90 Å². The van der Waals surface area contributed by atoms with Gasteiger partial charge >= 0.3 is 0 Å². The van der Waals surface area contributed by atoms with Crippen LogP contribution >= 0.6 is 0 Å². The average Bonchev–Trinajstić information content (AvgIpc) is 2.04. The largest absolute Gasteiger partial charge is 0.307 e. The van der Waals surface area contributed by atoms with Gasteiger partial charge in [0.1, 0.15) is 0 Å². The molecule has 0 bridgehead atoms. The standard InChI is InChI=1S/C10H23N/c1-4-6-7-8-9-10-11(3)5-2/h4-10H2,1-3H3. The number of hydrogen-bond donors (Lipinski definition) is 0. The number of rotatable bonds is 7. The zero-order valence-electron chi connectivity index (χ0n) is 8.40. The minimum Gasteiger partial charge on any atom is -0.307 e. The van der Waals surface area contributed by atoms with Gasteiger partial charge in [0, 0.05) is 0 Å². The van der Waals surface area contributed by atoms with Crippen molar-refractivity contribution in [2.24, 2.45) is 0 Å². The summed E-state index contributed by atoms with van der Waals surface area (Å²) in [5.41, 5.74) is 0. The summed E-state index contributed by atoms with van der Waals surface area (Å²) in [6.45, 7) is 6.94. The third-order valence-corrected chi connectivity index (χ3v) is 2.18. The highest BCUT2D eigenvalue weighted by Gasteiger charge is 1.93. The first kappa shape index (κ1) is 11.0. The fourth-order valence-electron chi connectivity index (χ4n) is 1.14. The molecule has 11 heavy (non-hydrogen) atoms. The molecule has 0 saturated carbocycles. The van der Waals surface area contributed by atoms with E-state index in [9.17, 15) is 0 Å². The van der Waals surface area contributed by atoms with Gasteiger partial charge in [-0.25, -0.2) is 0 Å². The summed E-state index contributed by atoms with van der Waals surface area (Å²) in [6, 6.07) is 0.